The highest BCUT2D eigenvalue weighted by molar-refractivity contribution is 4.75. The van der Waals surface area contributed by atoms with Gasteiger partial charge in [0.1, 0.15) is 0 Å². The molecule has 2 saturated carbocycles. The van der Waals surface area contributed by atoms with Crippen LogP contribution in [-0.2, 0) is 0 Å². The lowest BCUT2D eigenvalue weighted by Gasteiger charge is -2.29. The van der Waals surface area contributed by atoms with E-state index in [1.165, 1.54) is 109 Å². The molecule has 3 unspecified atom stereocenters. The van der Waals surface area contributed by atoms with Gasteiger partial charge in [-0.2, -0.15) is 0 Å². The van der Waals surface area contributed by atoms with Crippen LogP contribution in [0.15, 0.2) is 0 Å². The third-order valence-corrected chi connectivity index (χ3v) is 6.98. The van der Waals surface area contributed by atoms with Crippen LogP contribution in [0.4, 0.5) is 0 Å². The van der Waals surface area contributed by atoms with Gasteiger partial charge in [-0.05, 0) is 31.7 Å². The molecule has 1 heteroatoms. The molecule has 142 valence electrons. The Bertz CT molecular complexity index is 286. The first-order chi connectivity index (χ1) is 11.9. The maximum absolute atomic E-state index is 3.58. The van der Waals surface area contributed by atoms with Crippen LogP contribution in [-0.4, -0.2) is 13.1 Å². The summed E-state index contributed by atoms with van der Waals surface area (Å²) < 4.78 is 0. The lowest BCUT2D eigenvalue weighted by molar-refractivity contribution is 0.229. The summed E-state index contributed by atoms with van der Waals surface area (Å²) >= 11 is 0. The van der Waals surface area contributed by atoms with E-state index in [2.05, 4.69) is 12.4 Å². The third kappa shape index (κ3) is 8.37. The molecule has 2 rings (SSSR count). The minimum Gasteiger partial charge on any atom is -0.317 e. The molecule has 0 radical (unpaired) electrons. The molecule has 24 heavy (non-hydrogen) atoms. The fourth-order valence-corrected chi connectivity index (χ4v) is 5.32. The Morgan fingerprint density at radius 2 is 0.750 bits per heavy atom. The van der Waals surface area contributed by atoms with Crippen molar-refractivity contribution < 1.29 is 0 Å². The Morgan fingerprint density at radius 1 is 0.417 bits per heavy atom. The molecule has 2 aliphatic carbocycles. The van der Waals surface area contributed by atoms with E-state index in [0.29, 0.717) is 0 Å². The second-order valence-electron chi connectivity index (χ2n) is 8.83. The Labute approximate surface area is 152 Å². The smallest absolute Gasteiger partial charge is 0.00640 e. The topological polar surface area (TPSA) is 12.0 Å². The molecular weight excluding hydrogens is 290 g/mol. The van der Waals surface area contributed by atoms with Crippen LogP contribution in [0.2, 0.25) is 0 Å². The van der Waals surface area contributed by atoms with Gasteiger partial charge in [-0.3, -0.25) is 0 Å². The third-order valence-electron chi connectivity index (χ3n) is 6.98. The van der Waals surface area contributed by atoms with Crippen molar-refractivity contribution in [3.8, 4) is 0 Å². The van der Waals surface area contributed by atoms with Crippen LogP contribution >= 0.6 is 0 Å². The molecule has 0 aromatic carbocycles. The van der Waals surface area contributed by atoms with Crippen LogP contribution in [0.3, 0.4) is 0 Å². The Hall–Kier alpha value is -0.0400. The summed E-state index contributed by atoms with van der Waals surface area (Å²) in [6.45, 7) is 0. The Kier molecular flexibility index (Phi) is 11.2. The van der Waals surface area contributed by atoms with Crippen LogP contribution in [0, 0.1) is 11.8 Å². The highest BCUT2D eigenvalue weighted by Gasteiger charge is 2.22. The van der Waals surface area contributed by atoms with Crippen LogP contribution in [0.25, 0.3) is 0 Å². The molecule has 0 aromatic heterocycles. The normalized spacial score (nSPS) is 33.1. The number of hydrogen-bond donors (Lipinski definition) is 1. The summed E-state index contributed by atoms with van der Waals surface area (Å²) in [5.74, 6) is 2.10. The van der Waals surface area contributed by atoms with Gasteiger partial charge in [-0.1, -0.05) is 109 Å². The van der Waals surface area contributed by atoms with E-state index in [9.17, 15) is 0 Å². The number of rotatable bonds is 1. The SMILES string of the molecule is CNC1CCCCCCC2CCCCCCCCCCC2CCC1. The quantitative estimate of drug-likeness (QED) is 0.532. The zero-order valence-corrected chi connectivity index (χ0v) is 16.7. The number of hydrogen-bond acceptors (Lipinski definition) is 1. The predicted molar refractivity (Wildman–Crippen MR) is 108 cm³/mol. The molecule has 0 aromatic rings. The summed E-state index contributed by atoms with van der Waals surface area (Å²) in [5.41, 5.74) is 0. The van der Waals surface area contributed by atoms with Gasteiger partial charge in [0.25, 0.3) is 0 Å². The van der Waals surface area contributed by atoms with Crippen molar-refractivity contribution in [2.75, 3.05) is 7.05 Å². The maximum atomic E-state index is 3.58. The van der Waals surface area contributed by atoms with Crippen molar-refractivity contribution in [1.29, 1.82) is 0 Å². The summed E-state index contributed by atoms with van der Waals surface area (Å²) in [4.78, 5) is 0. The molecule has 1 N–H and O–H groups in total. The van der Waals surface area contributed by atoms with Crippen molar-refractivity contribution >= 4 is 0 Å². The maximum Gasteiger partial charge on any atom is 0.00640 e. The fraction of sp³-hybridized carbons (Fsp3) is 1.00. The van der Waals surface area contributed by atoms with Gasteiger partial charge >= 0.3 is 0 Å². The first-order valence-electron chi connectivity index (χ1n) is 11.6. The first-order valence-corrected chi connectivity index (χ1v) is 11.6. The number of fused-ring (bicyclic) bond motifs is 1. The monoisotopic (exact) mass is 335 g/mol. The first kappa shape index (κ1) is 20.3. The van der Waals surface area contributed by atoms with E-state index in [4.69, 9.17) is 0 Å². The van der Waals surface area contributed by atoms with E-state index >= 15 is 0 Å². The lowest BCUT2D eigenvalue weighted by atomic mass is 9.77. The second-order valence-corrected chi connectivity index (χ2v) is 8.83. The number of nitrogens with one attached hydrogen (secondary N) is 1. The van der Waals surface area contributed by atoms with Crippen molar-refractivity contribution in [1.82, 2.24) is 5.32 Å². The van der Waals surface area contributed by atoms with Gasteiger partial charge in [0.15, 0.2) is 0 Å². The average molecular weight is 336 g/mol. The molecule has 0 saturated heterocycles. The van der Waals surface area contributed by atoms with Crippen LogP contribution in [0.5, 0.6) is 0 Å². The molecule has 0 bridgehead atoms. The second kappa shape index (κ2) is 13.2. The van der Waals surface area contributed by atoms with Crippen molar-refractivity contribution in [2.24, 2.45) is 11.8 Å². The van der Waals surface area contributed by atoms with E-state index in [1.807, 2.05) is 0 Å². The van der Waals surface area contributed by atoms with Crippen molar-refractivity contribution in [2.45, 2.75) is 128 Å². The molecule has 0 spiro atoms. The van der Waals surface area contributed by atoms with Crippen molar-refractivity contribution in [3.63, 3.8) is 0 Å². The van der Waals surface area contributed by atoms with Gasteiger partial charge in [-0.15, -0.1) is 0 Å². The zero-order valence-electron chi connectivity index (χ0n) is 16.7. The van der Waals surface area contributed by atoms with Crippen LogP contribution in [0.1, 0.15) is 122 Å². The van der Waals surface area contributed by atoms with Gasteiger partial charge in [-0.25, -0.2) is 0 Å². The largest absolute Gasteiger partial charge is 0.317 e. The average Bonchev–Trinajstić information content (AvgIpc) is 2.58. The van der Waals surface area contributed by atoms with E-state index < -0.39 is 0 Å². The summed E-state index contributed by atoms with van der Waals surface area (Å²) in [6.07, 6.45) is 28.4. The summed E-state index contributed by atoms with van der Waals surface area (Å²) in [6, 6.07) is 0.786. The van der Waals surface area contributed by atoms with Crippen LogP contribution < -0.4 is 5.32 Å². The Morgan fingerprint density at radius 3 is 1.21 bits per heavy atom. The zero-order chi connectivity index (χ0) is 16.9. The predicted octanol–water partition coefficient (Wildman–Crippen LogP) is 7.25. The van der Waals surface area contributed by atoms with Gasteiger partial charge in [0.05, 0.1) is 0 Å². The minimum atomic E-state index is 0.786. The fourth-order valence-electron chi connectivity index (χ4n) is 5.32. The molecule has 2 aliphatic rings. The Balaban J connectivity index is 1.91. The standard InChI is InChI=1S/C23H45N/c1-24-23-19-13-9-8-12-16-21-15-10-6-4-2-3-5-7-11-17-22(21)18-14-20-23/h21-24H,2-20H2,1H3. The minimum absolute atomic E-state index is 0.786. The van der Waals surface area contributed by atoms with E-state index in [-0.39, 0.29) is 0 Å². The highest BCUT2D eigenvalue weighted by Crippen LogP contribution is 2.34. The molecule has 3 atom stereocenters. The van der Waals surface area contributed by atoms with E-state index in [1.54, 1.807) is 12.8 Å². The van der Waals surface area contributed by atoms with E-state index in [0.717, 1.165) is 17.9 Å². The lowest BCUT2D eigenvalue weighted by Crippen LogP contribution is -2.26. The molecule has 0 heterocycles. The molecule has 0 aliphatic heterocycles. The van der Waals surface area contributed by atoms with Gasteiger partial charge in [0.2, 0.25) is 0 Å². The van der Waals surface area contributed by atoms with Gasteiger partial charge in [0, 0.05) is 6.04 Å². The van der Waals surface area contributed by atoms with Gasteiger partial charge < -0.3 is 5.32 Å². The molecular formula is C23H45N. The highest BCUT2D eigenvalue weighted by atomic mass is 14.9. The molecule has 1 nitrogen and oxygen atoms in total. The molecule has 0 amide bonds. The summed E-state index contributed by atoms with van der Waals surface area (Å²) in [7, 11) is 2.18. The molecule has 2 fully saturated rings. The summed E-state index contributed by atoms with van der Waals surface area (Å²) in [5, 5.41) is 3.58. The van der Waals surface area contributed by atoms with Crippen molar-refractivity contribution in [3.05, 3.63) is 0 Å².